The van der Waals surface area contributed by atoms with Crippen molar-refractivity contribution in [2.45, 2.75) is 57.9 Å². The molecule has 4 rings (SSSR count). The van der Waals surface area contributed by atoms with Gasteiger partial charge in [0.1, 0.15) is 0 Å². The molecule has 1 amide bonds. The molecule has 1 fully saturated rings. The summed E-state index contributed by atoms with van der Waals surface area (Å²) in [5.41, 5.74) is 6.12. The van der Waals surface area contributed by atoms with Gasteiger partial charge in [-0.15, -0.1) is 0 Å². The minimum absolute atomic E-state index is 0.0304. The largest absolute Gasteiger partial charge is 0.335 e. The van der Waals surface area contributed by atoms with Gasteiger partial charge in [0, 0.05) is 24.8 Å². The van der Waals surface area contributed by atoms with Crippen LogP contribution in [0, 0.1) is 13.8 Å². The van der Waals surface area contributed by atoms with Gasteiger partial charge in [-0.2, -0.15) is 5.10 Å². The summed E-state index contributed by atoms with van der Waals surface area (Å²) in [4.78, 5) is 15.6. The fourth-order valence-corrected chi connectivity index (χ4v) is 4.81. The average Bonchev–Trinajstić information content (AvgIpc) is 3.18. The Morgan fingerprint density at radius 1 is 1.16 bits per heavy atom. The Labute approximate surface area is 149 Å². The van der Waals surface area contributed by atoms with Gasteiger partial charge in [0.15, 0.2) is 0 Å². The van der Waals surface area contributed by atoms with E-state index in [4.69, 9.17) is 0 Å². The lowest BCUT2D eigenvalue weighted by molar-refractivity contribution is -0.134. The summed E-state index contributed by atoms with van der Waals surface area (Å²) >= 11 is 0. The zero-order chi connectivity index (χ0) is 17.6. The van der Waals surface area contributed by atoms with Crippen LogP contribution in [0.3, 0.4) is 0 Å². The highest BCUT2D eigenvalue weighted by Crippen LogP contribution is 2.40. The van der Waals surface area contributed by atoms with Gasteiger partial charge in [-0.05, 0) is 57.1 Å². The van der Waals surface area contributed by atoms with Gasteiger partial charge in [-0.25, -0.2) is 0 Å². The van der Waals surface area contributed by atoms with Gasteiger partial charge in [0.2, 0.25) is 5.91 Å². The number of hydrogen-bond donors (Lipinski definition) is 0. The van der Waals surface area contributed by atoms with E-state index in [9.17, 15) is 4.79 Å². The normalized spacial score (nSPS) is 22.9. The summed E-state index contributed by atoms with van der Waals surface area (Å²) in [5.74, 6) is 0.347. The summed E-state index contributed by atoms with van der Waals surface area (Å²) in [5, 5.41) is 4.58. The van der Waals surface area contributed by atoms with Gasteiger partial charge in [0.25, 0.3) is 0 Å². The number of carbonyl (C=O) groups is 1. The molecule has 0 unspecified atom stereocenters. The second kappa shape index (κ2) is 6.32. The Bertz CT molecular complexity index is 807. The Kier molecular flexibility index (Phi) is 4.14. The molecule has 2 heterocycles. The van der Waals surface area contributed by atoms with Crippen LogP contribution >= 0.6 is 0 Å². The molecule has 4 nitrogen and oxygen atoms in total. The molecule has 0 radical (unpaired) electrons. The third kappa shape index (κ3) is 2.68. The molecule has 2 atom stereocenters. The van der Waals surface area contributed by atoms with E-state index in [1.165, 1.54) is 22.4 Å². The summed E-state index contributed by atoms with van der Waals surface area (Å²) in [6, 6.07) is 8.69. The molecule has 2 aromatic rings. The number of hydrogen-bond acceptors (Lipinski definition) is 2. The SMILES string of the molecule is Cc1nn(C)c(C)c1[C@@H]1CCCN1C(=O)[C@@H]1CCCc2ccccc21. The van der Waals surface area contributed by atoms with Crippen molar-refractivity contribution in [3.05, 3.63) is 52.3 Å². The standard InChI is InChI=1S/C21H27N3O/c1-14-20(15(2)23(3)22-14)19-12-7-13-24(19)21(25)18-11-6-9-16-8-4-5-10-17(16)18/h4-5,8,10,18-19H,6-7,9,11-13H2,1-3H3/t18-,19+/m1/s1. The van der Waals surface area contributed by atoms with Crippen molar-refractivity contribution in [1.29, 1.82) is 0 Å². The van der Waals surface area contributed by atoms with Crippen LogP contribution in [0.15, 0.2) is 24.3 Å². The number of aryl methyl sites for hydroxylation is 3. The number of fused-ring (bicyclic) bond motifs is 1. The molecule has 25 heavy (non-hydrogen) atoms. The molecule has 1 saturated heterocycles. The first-order valence-electron chi connectivity index (χ1n) is 9.46. The zero-order valence-corrected chi connectivity index (χ0v) is 15.5. The molecule has 1 aromatic heterocycles. The third-order valence-electron chi connectivity index (χ3n) is 6.10. The number of nitrogens with zero attached hydrogens (tertiary/aromatic N) is 3. The van der Waals surface area contributed by atoms with E-state index >= 15 is 0 Å². The zero-order valence-electron chi connectivity index (χ0n) is 15.5. The van der Waals surface area contributed by atoms with Gasteiger partial charge in [-0.3, -0.25) is 9.48 Å². The number of amides is 1. The maximum atomic E-state index is 13.5. The maximum Gasteiger partial charge on any atom is 0.230 e. The van der Waals surface area contributed by atoms with Gasteiger partial charge in [0.05, 0.1) is 17.7 Å². The molecular weight excluding hydrogens is 310 g/mol. The highest BCUT2D eigenvalue weighted by molar-refractivity contribution is 5.85. The van der Waals surface area contributed by atoms with Crippen molar-refractivity contribution in [3.8, 4) is 0 Å². The van der Waals surface area contributed by atoms with E-state index in [-0.39, 0.29) is 12.0 Å². The average molecular weight is 337 g/mol. The van der Waals surface area contributed by atoms with Crippen LogP contribution in [0.5, 0.6) is 0 Å². The molecule has 1 aliphatic carbocycles. The van der Waals surface area contributed by atoms with E-state index in [2.05, 4.69) is 48.1 Å². The summed E-state index contributed by atoms with van der Waals surface area (Å²) in [6.07, 6.45) is 5.32. The van der Waals surface area contributed by atoms with Crippen LogP contribution in [0.4, 0.5) is 0 Å². The van der Waals surface area contributed by atoms with Crippen molar-refractivity contribution in [2.75, 3.05) is 6.54 Å². The minimum atomic E-state index is 0.0304. The van der Waals surface area contributed by atoms with Crippen LogP contribution in [-0.2, 0) is 18.3 Å². The van der Waals surface area contributed by atoms with E-state index in [0.29, 0.717) is 5.91 Å². The molecule has 0 spiro atoms. The van der Waals surface area contributed by atoms with E-state index in [1.54, 1.807) is 0 Å². The Hall–Kier alpha value is -2.10. The molecule has 132 valence electrons. The Morgan fingerprint density at radius 2 is 1.96 bits per heavy atom. The van der Waals surface area contributed by atoms with Gasteiger partial charge >= 0.3 is 0 Å². The lowest BCUT2D eigenvalue weighted by Crippen LogP contribution is -2.36. The summed E-state index contributed by atoms with van der Waals surface area (Å²) < 4.78 is 1.95. The highest BCUT2D eigenvalue weighted by Gasteiger charge is 2.38. The molecule has 1 aliphatic heterocycles. The van der Waals surface area contributed by atoms with Crippen LogP contribution in [0.25, 0.3) is 0 Å². The monoisotopic (exact) mass is 337 g/mol. The van der Waals surface area contributed by atoms with Gasteiger partial charge < -0.3 is 4.90 Å². The number of carbonyl (C=O) groups excluding carboxylic acids is 1. The quantitative estimate of drug-likeness (QED) is 0.835. The first-order valence-corrected chi connectivity index (χ1v) is 9.46. The van der Waals surface area contributed by atoms with E-state index in [0.717, 1.165) is 44.3 Å². The summed E-state index contributed by atoms with van der Waals surface area (Å²) in [6.45, 7) is 5.06. The smallest absolute Gasteiger partial charge is 0.230 e. The molecule has 1 aromatic carbocycles. The Morgan fingerprint density at radius 3 is 2.72 bits per heavy atom. The lowest BCUT2D eigenvalue weighted by atomic mass is 9.82. The first kappa shape index (κ1) is 16.4. The Balaban J connectivity index is 1.66. The van der Waals surface area contributed by atoms with Gasteiger partial charge in [-0.1, -0.05) is 24.3 Å². The van der Waals surface area contributed by atoms with Crippen molar-refractivity contribution in [1.82, 2.24) is 14.7 Å². The molecule has 0 bridgehead atoms. The molecule has 0 saturated carbocycles. The molecule has 4 heteroatoms. The number of rotatable bonds is 2. The fourth-order valence-electron chi connectivity index (χ4n) is 4.81. The van der Waals surface area contributed by atoms with Crippen molar-refractivity contribution in [2.24, 2.45) is 7.05 Å². The topological polar surface area (TPSA) is 38.1 Å². The predicted molar refractivity (Wildman–Crippen MR) is 98.5 cm³/mol. The predicted octanol–water partition coefficient (Wildman–Crippen LogP) is 3.82. The number of benzene rings is 1. The second-order valence-corrected chi connectivity index (χ2v) is 7.54. The molecule has 2 aliphatic rings. The molecule has 0 N–H and O–H groups in total. The van der Waals surface area contributed by atoms with Crippen molar-refractivity contribution < 1.29 is 4.79 Å². The summed E-state index contributed by atoms with van der Waals surface area (Å²) in [7, 11) is 1.99. The van der Waals surface area contributed by atoms with Crippen LogP contribution < -0.4 is 0 Å². The van der Waals surface area contributed by atoms with E-state index < -0.39 is 0 Å². The third-order valence-corrected chi connectivity index (χ3v) is 6.10. The number of aromatic nitrogens is 2. The van der Waals surface area contributed by atoms with Crippen molar-refractivity contribution in [3.63, 3.8) is 0 Å². The van der Waals surface area contributed by atoms with Crippen LogP contribution in [0.2, 0.25) is 0 Å². The molecular formula is C21H27N3O. The maximum absolute atomic E-state index is 13.5. The first-order chi connectivity index (χ1) is 12.1. The van der Waals surface area contributed by atoms with E-state index in [1.807, 2.05) is 11.7 Å². The van der Waals surface area contributed by atoms with Crippen molar-refractivity contribution >= 4 is 5.91 Å². The number of likely N-dealkylation sites (tertiary alicyclic amines) is 1. The van der Waals surface area contributed by atoms with Crippen LogP contribution in [-0.4, -0.2) is 27.1 Å². The highest BCUT2D eigenvalue weighted by atomic mass is 16.2. The lowest BCUT2D eigenvalue weighted by Gasteiger charge is -2.32. The van der Waals surface area contributed by atoms with Crippen LogP contribution in [0.1, 0.15) is 65.7 Å². The second-order valence-electron chi connectivity index (χ2n) is 7.54. The fraction of sp³-hybridized carbons (Fsp3) is 0.524. The minimum Gasteiger partial charge on any atom is -0.335 e.